The highest BCUT2D eigenvalue weighted by Crippen LogP contribution is 2.32. The van der Waals surface area contributed by atoms with Crippen LogP contribution in [0.25, 0.3) is 0 Å². The average Bonchev–Trinajstić information content (AvgIpc) is 2.23. The van der Waals surface area contributed by atoms with Gasteiger partial charge in [-0.3, -0.25) is 0 Å². The van der Waals surface area contributed by atoms with Crippen LogP contribution < -0.4 is 10.6 Å². The van der Waals surface area contributed by atoms with Gasteiger partial charge in [-0.25, -0.2) is 0 Å². The van der Waals surface area contributed by atoms with Crippen molar-refractivity contribution in [1.29, 1.82) is 0 Å². The Morgan fingerprint density at radius 1 is 1.21 bits per heavy atom. The van der Waals surface area contributed by atoms with Crippen LogP contribution in [-0.4, -0.2) is 29.8 Å². The number of hydrogen-bond acceptors (Lipinski definition) is 4. The van der Waals surface area contributed by atoms with E-state index in [0.717, 1.165) is 25.2 Å². The molecule has 4 nitrogen and oxygen atoms in total. The third kappa shape index (κ3) is 1.66. The van der Waals surface area contributed by atoms with Gasteiger partial charge in [0.15, 0.2) is 11.5 Å². The average molecular weight is 194 g/mol. The van der Waals surface area contributed by atoms with E-state index in [1.165, 1.54) is 6.07 Å². The van der Waals surface area contributed by atoms with Crippen LogP contribution in [0.3, 0.4) is 0 Å². The van der Waals surface area contributed by atoms with Gasteiger partial charge in [0.2, 0.25) is 0 Å². The summed E-state index contributed by atoms with van der Waals surface area (Å²) in [5.41, 5.74) is 0.747. The number of piperazine rings is 1. The third-order valence-electron chi connectivity index (χ3n) is 2.46. The Morgan fingerprint density at radius 3 is 2.79 bits per heavy atom. The largest absolute Gasteiger partial charge is 0.504 e. The smallest absolute Gasteiger partial charge is 0.162 e. The molecule has 0 aromatic heterocycles. The van der Waals surface area contributed by atoms with Crippen molar-refractivity contribution in [3.8, 4) is 11.5 Å². The third-order valence-corrected chi connectivity index (χ3v) is 2.46. The molecule has 4 N–H and O–H groups in total. The lowest BCUT2D eigenvalue weighted by molar-refractivity contribution is 0.376. The molecule has 0 radical (unpaired) electrons. The number of rotatable bonds is 1. The summed E-state index contributed by atoms with van der Waals surface area (Å²) in [5.74, 6) is -0.0800. The van der Waals surface area contributed by atoms with Crippen molar-refractivity contribution in [2.45, 2.75) is 6.04 Å². The molecule has 1 aliphatic heterocycles. The molecule has 0 spiro atoms. The number of benzene rings is 1. The monoisotopic (exact) mass is 194 g/mol. The Bertz CT molecular complexity index is 322. The van der Waals surface area contributed by atoms with Crippen LogP contribution in [0.2, 0.25) is 0 Å². The van der Waals surface area contributed by atoms with Gasteiger partial charge in [0.1, 0.15) is 0 Å². The summed E-state index contributed by atoms with van der Waals surface area (Å²) in [7, 11) is 0. The van der Waals surface area contributed by atoms with Gasteiger partial charge < -0.3 is 20.8 Å². The van der Waals surface area contributed by atoms with Crippen LogP contribution in [0.5, 0.6) is 11.5 Å². The van der Waals surface area contributed by atoms with E-state index in [-0.39, 0.29) is 17.5 Å². The quantitative estimate of drug-likeness (QED) is 0.486. The number of aromatic hydroxyl groups is 2. The van der Waals surface area contributed by atoms with Crippen molar-refractivity contribution in [3.05, 3.63) is 23.8 Å². The predicted molar refractivity (Wildman–Crippen MR) is 53.4 cm³/mol. The van der Waals surface area contributed by atoms with Gasteiger partial charge >= 0.3 is 0 Å². The maximum Gasteiger partial charge on any atom is 0.162 e. The summed E-state index contributed by atoms with van der Waals surface area (Å²) in [6.45, 7) is 2.59. The molecule has 1 fully saturated rings. The number of nitrogens with one attached hydrogen (secondary N) is 2. The fraction of sp³-hybridized carbons (Fsp3) is 0.400. The van der Waals surface area contributed by atoms with Crippen molar-refractivity contribution < 1.29 is 10.2 Å². The van der Waals surface area contributed by atoms with Crippen molar-refractivity contribution >= 4 is 0 Å². The first-order chi connectivity index (χ1) is 6.79. The van der Waals surface area contributed by atoms with Crippen molar-refractivity contribution in [1.82, 2.24) is 10.6 Å². The highest BCUT2D eigenvalue weighted by Gasteiger charge is 2.18. The molecular formula is C10H14N2O2. The van der Waals surface area contributed by atoms with Gasteiger partial charge in [0, 0.05) is 31.2 Å². The van der Waals surface area contributed by atoms with Crippen LogP contribution >= 0.6 is 0 Å². The molecule has 1 atom stereocenters. The molecule has 0 aliphatic carbocycles. The first-order valence-electron chi connectivity index (χ1n) is 4.74. The lowest BCUT2D eigenvalue weighted by atomic mass is 10.0. The lowest BCUT2D eigenvalue weighted by Gasteiger charge is -2.25. The van der Waals surface area contributed by atoms with Gasteiger partial charge in [-0.1, -0.05) is 12.1 Å². The summed E-state index contributed by atoms with van der Waals surface area (Å²) in [4.78, 5) is 0. The van der Waals surface area contributed by atoms with Crippen LogP contribution in [0.4, 0.5) is 0 Å². The molecular weight excluding hydrogens is 180 g/mol. The molecule has 2 rings (SSSR count). The summed E-state index contributed by atoms with van der Waals surface area (Å²) in [5, 5.41) is 25.5. The van der Waals surface area contributed by atoms with Gasteiger partial charge in [-0.15, -0.1) is 0 Å². The topological polar surface area (TPSA) is 64.5 Å². The Kier molecular flexibility index (Phi) is 2.56. The highest BCUT2D eigenvalue weighted by molar-refractivity contribution is 5.46. The van der Waals surface area contributed by atoms with Gasteiger partial charge in [0.05, 0.1) is 0 Å². The second-order valence-electron chi connectivity index (χ2n) is 3.43. The molecule has 0 amide bonds. The molecule has 0 unspecified atom stereocenters. The molecule has 1 aromatic carbocycles. The Balaban J connectivity index is 2.26. The normalized spacial score (nSPS) is 22.1. The van der Waals surface area contributed by atoms with Crippen molar-refractivity contribution in [2.24, 2.45) is 0 Å². The van der Waals surface area contributed by atoms with E-state index in [0.29, 0.717) is 0 Å². The van der Waals surface area contributed by atoms with Gasteiger partial charge in [-0.05, 0) is 6.07 Å². The molecule has 1 aromatic rings. The van der Waals surface area contributed by atoms with E-state index in [4.69, 9.17) is 0 Å². The summed E-state index contributed by atoms with van der Waals surface area (Å²) >= 11 is 0. The van der Waals surface area contributed by atoms with Crippen LogP contribution in [0.1, 0.15) is 11.6 Å². The second-order valence-corrected chi connectivity index (χ2v) is 3.43. The van der Waals surface area contributed by atoms with Crippen LogP contribution in [0.15, 0.2) is 18.2 Å². The number of para-hydroxylation sites is 1. The first-order valence-corrected chi connectivity index (χ1v) is 4.74. The SMILES string of the molecule is Oc1cccc([C@H]2CNCCN2)c1O. The molecule has 1 saturated heterocycles. The highest BCUT2D eigenvalue weighted by atomic mass is 16.3. The van der Waals surface area contributed by atoms with E-state index >= 15 is 0 Å². The molecule has 0 saturated carbocycles. The van der Waals surface area contributed by atoms with Gasteiger partial charge in [0.25, 0.3) is 0 Å². The van der Waals surface area contributed by atoms with Crippen LogP contribution in [0, 0.1) is 0 Å². The zero-order chi connectivity index (χ0) is 9.97. The van der Waals surface area contributed by atoms with Crippen molar-refractivity contribution in [2.75, 3.05) is 19.6 Å². The van der Waals surface area contributed by atoms with E-state index in [1.807, 2.05) is 6.07 Å². The van der Waals surface area contributed by atoms with E-state index in [9.17, 15) is 10.2 Å². The standard InChI is InChI=1S/C10H14N2O2/c13-9-3-1-2-7(10(9)14)8-6-11-4-5-12-8/h1-3,8,11-14H,4-6H2/t8-/m1/s1. The predicted octanol–water partition coefficient (Wildman–Crippen LogP) is 0.332. The van der Waals surface area contributed by atoms with Crippen molar-refractivity contribution in [3.63, 3.8) is 0 Å². The number of phenols is 2. The minimum Gasteiger partial charge on any atom is -0.504 e. The maximum atomic E-state index is 9.63. The summed E-state index contributed by atoms with van der Waals surface area (Å²) < 4.78 is 0. The van der Waals surface area contributed by atoms with Crippen LogP contribution in [-0.2, 0) is 0 Å². The minimum atomic E-state index is -0.0603. The summed E-state index contributed by atoms with van der Waals surface area (Å²) in [6.07, 6.45) is 0. The van der Waals surface area contributed by atoms with E-state index < -0.39 is 0 Å². The Morgan fingerprint density at radius 2 is 2.07 bits per heavy atom. The van der Waals surface area contributed by atoms with E-state index in [1.54, 1.807) is 6.07 Å². The van der Waals surface area contributed by atoms with E-state index in [2.05, 4.69) is 10.6 Å². The second kappa shape index (κ2) is 3.86. The summed E-state index contributed by atoms with van der Waals surface area (Å²) in [6, 6.07) is 5.12. The molecule has 1 heterocycles. The Labute approximate surface area is 82.6 Å². The first kappa shape index (κ1) is 9.30. The fourth-order valence-corrected chi connectivity index (χ4v) is 1.70. The lowest BCUT2D eigenvalue weighted by Crippen LogP contribution is -2.42. The number of phenolic OH excluding ortho intramolecular Hbond substituents is 2. The molecule has 14 heavy (non-hydrogen) atoms. The zero-order valence-electron chi connectivity index (χ0n) is 7.83. The number of hydrogen-bond donors (Lipinski definition) is 4. The molecule has 0 bridgehead atoms. The molecule has 76 valence electrons. The molecule has 4 heteroatoms. The maximum absolute atomic E-state index is 9.63. The Hall–Kier alpha value is -1.26. The van der Waals surface area contributed by atoms with Gasteiger partial charge in [-0.2, -0.15) is 0 Å². The fourth-order valence-electron chi connectivity index (χ4n) is 1.70. The minimum absolute atomic E-state index is 0.0197. The molecule has 1 aliphatic rings. The zero-order valence-corrected chi connectivity index (χ0v) is 7.83.